The van der Waals surface area contributed by atoms with E-state index in [2.05, 4.69) is 17.6 Å². The van der Waals surface area contributed by atoms with Gasteiger partial charge in [0, 0.05) is 19.6 Å². The number of likely N-dealkylation sites (tertiary alicyclic amines) is 1. The standard InChI is InChI=1S/C16H29N3O2.ClH/c1-2-3-8-18-16(21)14-5-4-9-19(12-14)15(20)11-17-10-13-6-7-13;/h13-14,17H,2-12H2,1H3,(H,18,21);1H. The summed E-state index contributed by atoms with van der Waals surface area (Å²) >= 11 is 0. The second-order valence-corrected chi connectivity index (χ2v) is 6.40. The summed E-state index contributed by atoms with van der Waals surface area (Å²) < 4.78 is 0. The van der Waals surface area contributed by atoms with Crippen molar-refractivity contribution in [3.8, 4) is 0 Å². The fourth-order valence-corrected chi connectivity index (χ4v) is 2.77. The molecule has 0 radical (unpaired) electrons. The number of rotatable bonds is 8. The number of carbonyl (C=O) groups is 2. The molecule has 5 nitrogen and oxygen atoms in total. The SMILES string of the molecule is CCCCNC(=O)C1CCCN(C(=O)CNCC2CC2)C1.Cl. The van der Waals surface area contributed by atoms with Crippen molar-refractivity contribution >= 4 is 24.2 Å². The zero-order valence-corrected chi connectivity index (χ0v) is 14.4. The molecule has 0 aromatic rings. The molecule has 1 saturated carbocycles. The zero-order chi connectivity index (χ0) is 15.1. The molecule has 0 bridgehead atoms. The van der Waals surface area contributed by atoms with E-state index >= 15 is 0 Å². The van der Waals surface area contributed by atoms with E-state index in [1.165, 1.54) is 12.8 Å². The molecule has 1 atom stereocenters. The Morgan fingerprint density at radius 3 is 2.68 bits per heavy atom. The average molecular weight is 332 g/mol. The van der Waals surface area contributed by atoms with Gasteiger partial charge >= 0.3 is 0 Å². The summed E-state index contributed by atoms with van der Waals surface area (Å²) in [5.41, 5.74) is 0. The van der Waals surface area contributed by atoms with Gasteiger partial charge in [-0.1, -0.05) is 13.3 Å². The Bertz CT molecular complexity index is 361. The summed E-state index contributed by atoms with van der Waals surface area (Å²) in [5.74, 6) is 1.02. The summed E-state index contributed by atoms with van der Waals surface area (Å²) in [5, 5.41) is 6.23. The smallest absolute Gasteiger partial charge is 0.236 e. The molecule has 2 N–H and O–H groups in total. The minimum Gasteiger partial charge on any atom is -0.356 e. The van der Waals surface area contributed by atoms with Gasteiger partial charge in [-0.05, 0) is 44.6 Å². The molecule has 0 spiro atoms. The van der Waals surface area contributed by atoms with Gasteiger partial charge in [0.25, 0.3) is 0 Å². The van der Waals surface area contributed by atoms with Crippen LogP contribution in [0.1, 0.15) is 45.4 Å². The Kier molecular flexibility index (Phi) is 8.79. The number of nitrogens with one attached hydrogen (secondary N) is 2. The highest BCUT2D eigenvalue weighted by Crippen LogP contribution is 2.27. The molecule has 2 rings (SSSR count). The van der Waals surface area contributed by atoms with Crippen LogP contribution in [0.5, 0.6) is 0 Å². The molecule has 1 unspecified atom stereocenters. The van der Waals surface area contributed by atoms with Crippen molar-refractivity contribution in [2.75, 3.05) is 32.7 Å². The molecule has 2 fully saturated rings. The van der Waals surface area contributed by atoms with E-state index in [-0.39, 0.29) is 30.1 Å². The summed E-state index contributed by atoms with van der Waals surface area (Å²) in [6.07, 6.45) is 6.53. The third-order valence-corrected chi connectivity index (χ3v) is 4.38. The lowest BCUT2D eigenvalue weighted by Crippen LogP contribution is -2.48. The molecule has 6 heteroatoms. The average Bonchev–Trinajstić information content (AvgIpc) is 3.31. The van der Waals surface area contributed by atoms with Crippen molar-refractivity contribution in [3.05, 3.63) is 0 Å². The van der Waals surface area contributed by atoms with Crippen LogP contribution < -0.4 is 10.6 Å². The molecule has 2 amide bonds. The summed E-state index contributed by atoms with van der Waals surface area (Å²) in [6, 6.07) is 0. The number of nitrogens with zero attached hydrogens (tertiary/aromatic N) is 1. The number of piperidine rings is 1. The highest BCUT2D eigenvalue weighted by Gasteiger charge is 2.28. The van der Waals surface area contributed by atoms with Crippen molar-refractivity contribution in [3.63, 3.8) is 0 Å². The van der Waals surface area contributed by atoms with Gasteiger partial charge in [0.05, 0.1) is 12.5 Å². The number of unbranched alkanes of at least 4 members (excludes halogenated alkanes) is 1. The van der Waals surface area contributed by atoms with Crippen LogP contribution in [0, 0.1) is 11.8 Å². The first-order valence-corrected chi connectivity index (χ1v) is 8.47. The molecule has 0 aromatic heterocycles. The molecular formula is C16H30ClN3O2. The fraction of sp³-hybridized carbons (Fsp3) is 0.875. The highest BCUT2D eigenvalue weighted by atomic mass is 35.5. The van der Waals surface area contributed by atoms with E-state index in [1.807, 2.05) is 4.90 Å². The van der Waals surface area contributed by atoms with Gasteiger partial charge in [0.2, 0.25) is 11.8 Å². The molecular weight excluding hydrogens is 302 g/mol. The summed E-state index contributed by atoms with van der Waals surface area (Å²) in [4.78, 5) is 26.1. The molecule has 2 aliphatic rings. The Morgan fingerprint density at radius 1 is 1.23 bits per heavy atom. The largest absolute Gasteiger partial charge is 0.356 e. The maximum Gasteiger partial charge on any atom is 0.236 e. The van der Waals surface area contributed by atoms with E-state index < -0.39 is 0 Å². The van der Waals surface area contributed by atoms with Crippen molar-refractivity contribution in [1.82, 2.24) is 15.5 Å². The van der Waals surface area contributed by atoms with Gasteiger partial charge < -0.3 is 15.5 Å². The molecule has 1 heterocycles. The van der Waals surface area contributed by atoms with E-state index in [0.717, 1.165) is 51.2 Å². The zero-order valence-electron chi connectivity index (χ0n) is 13.6. The van der Waals surface area contributed by atoms with Crippen LogP contribution in [0.2, 0.25) is 0 Å². The first kappa shape index (κ1) is 19.2. The second-order valence-electron chi connectivity index (χ2n) is 6.40. The van der Waals surface area contributed by atoms with Crippen LogP contribution in [0.3, 0.4) is 0 Å². The van der Waals surface area contributed by atoms with Gasteiger partial charge in [0.15, 0.2) is 0 Å². The topological polar surface area (TPSA) is 61.4 Å². The number of carbonyl (C=O) groups excluding carboxylic acids is 2. The Labute approximate surface area is 140 Å². The minimum absolute atomic E-state index is 0. The normalized spacial score (nSPS) is 21.1. The molecule has 1 saturated heterocycles. The molecule has 128 valence electrons. The van der Waals surface area contributed by atoms with Crippen molar-refractivity contribution in [1.29, 1.82) is 0 Å². The van der Waals surface area contributed by atoms with Crippen molar-refractivity contribution in [2.24, 2.45) is 11.8 Å². The van der Waals surface area contributed by atoms with Crippen LogP contribution in [0.4, 0.5) is 0 Å². The van der Waals surface area contributed by atoms with E-state index in [9.17, 15) is 9.59 Å². The predicted octanol–water partition coefficient (Wildman–Crippen LogP) is 1.56. The number of amides is 2. The number of hydrogen-bond donors (Lipinski definition) is 2. The number of halogens is 1. The Hall–Kier alpha value is -0.810. The fourth-order valence-electron chi connectivity index (χ4n) is 2.77. The molecule has 1 aliphatic carbocycles. The van der Waals surface area contributed by atoms with E-state index in [0.29, 0.717) is 13.1 Å². The molecule has 1 aliphatic heterocycles. The second kappa shape index (κ2) is 10.1. The van der Waals surface area contributed by atoms with E-state index in [4.69, 9.17) is 0 Å². The highest BCUT2D eigenvalue weighted by molar-refractivity contribution is 5.85. The van der Waals surface area contributed by atoms with Crippen molar-refractivity contribution in [2.45, 2.75) is 45.4 Å². The Balaban J connectivity index is 0.00000242. The third kappa shape index (κ3) is 6.53. The lowest BCUT2D eigenvalue weighted by molar-refractivity contribution is -0.135. The first-order valence-electron chi connectivity index (χ1n) is 8.47. The number of hydrogen-bond acceptors (Lipinski definition) is 3. The lowest BCUT2D eigenvalue weighted by Gasteiger charge is -2.32. The minimum atomic E-state index is -0.0250. The van der Waals surface area contributed by atoms with Crippen LogP contribution in [0.15, 0.2) is 0 Å². The van der Waals surface area contributed by atoms with Gasteiger partial charge in [0.1, 0.15) is 0 Å². The van der Waals surface area contributed by atoms with Crippen LogP contribution in [0.25, 0.3) is 0 Å². The predicted molar refractivity (Wildman–Crippen MR) is 90.1 cm³/mol. The van der Waals surface area contributed by atoms with Crippen LogP contribution in [-0.4, -0.2) is 49.4 Å². The maximum absolute atomic E-state index is 12.2. The monoisotopic (exact) mass is 331 g/mol. The van der Waals surface area contributed by atoms with Crippen molar-refractivity contribution < 1.29 is 9.59 Å². The summed E-state index contributed by atoms with van der Waals surface area (Å²) in [7, 11) is 0. The van der Waals surface area contributed by atoms with Gasteiger partial charge in [-0.2, -0.15) is 0 Å². The molecule has 22 heavy (non-hydrogen) atoms. The van der Waals surface area contributed by atoms with Gasteiger partial charge in [-0.25, -0.2) is 0 Å². The van der Waals surface area contributed by atoms with Crippen LogP contribution >= 0.6 is 12.4 Å². The maximum atomic E-state index is 12.2. The lowest BCUT2D eigenvalue weighted by atomic mass is 9.97. The van der Waals surface area contributed by atoms with E-state index in [1.54, 1.807) is 0 Å². The van der Waals surface area contributed by atoms with Gasteiger partial charge in [-0.15, -0.1) is 12.4 Å². The van der Waals surface area contributed by atoms with Crippen LogP contribution in [-0.2, 0) is 9.59 Å². The van der Waals surface area contributed by atoms with Gasteiger partial charge in [-0.3, -0.25) is 9.59 Å². The summed E-state index contributed by atoms with van der Waals surface area (Å²) in [6.45, 7) is 5.62. The third-order valence-electron chi connectivity index (χ3n) is 4.38. The quantitative estimate of drug-likeness (QED) is 0.664. The first-order chi connectivity index (χ1) is 10.2. The molecule has 0 aromatic carbocycles. The Morgan fingerprint density at radius 2 is 2.00 bits per heavy atom.